The van der Waals surface area contributed by atoms with Gasteiger partial charge in [-0.2, -0.15) is 0 Å². The molecular formula is C45H49N5O6S. The van der Waals surface area contributed by atoms with Gasteiger partial charge >= 0.3 is 11.9 Å². The van der Waals surface area contributed by atoms with Crippen molar-refractivity contribution in [3.8, 4) is 16.9 Å². The molecule has 2 fully saturated rings. The number of amides is 1. The molecule has 1 saturated heterocycles. The number of rotatable bonds is 9. The molecule has 1 atom stereocenters. The number of ether oxygens (including phenoxy) is 2. The Hall–Kier alpha value is -5.33. The highest BCUT2D eigenvalue weighted by atomic mass is 32.1. The van der Waals surface area contributed by atoms with Crippen molar-refractivity contribution in [3.05, 3.63) is 101 Å². The van der Waals surface area contributed by atoms with Crippen LogP contribution in [0.4, 0.5) is 10.9 Å². The number of carboxylic acid groups (broad SMARTS) is 1. The van der Waals surface area contributed by atoms with Crippen molar-refractivity contribution >= 4 is 50.3 Å². The number of benzene rings is 3. The van der Waals surface area contributed by atoms with Gasteiger partial charge in [-0.15, -0.1) is 0 Å². The summed E-state index contributed by atoms with van der Waals surface area (Å²) in [5.41, 5.74) is 5.58. The van der Waals surface area contributed by atoms with Gasteiger partial charge in [-0.1, -0.05) is 47.7 Å². The van der Waals surface area contributed by atoms with Crippen molar-refractivity contribution in [3.63, 3.8) is 0 Å². The number of nitrogens with zero attached hydrogens (tertiary/aromatic N) is 4. The van der Waals surface area contributed by atoms with Crippen LogP contribution in [0.1, 0.15) is 90.4 Å². The fourth-order valence-electron chi connectivity index (χ4n) is 8.70. The summed E-state index contributed by atoms with van der Waals surface area (Å²) in [5, 5.41) is 12.8. The summed E-state index contributed by atoms with van der Waals surface area (Å²) in [5.74, 6) is -0.0887. The number of hydrogen-bond acceptors (Lipinski definition) is 10. The number of pyridine rings is 1. The van der Waals surface area contributed by atoms with E-state index in [1.807, 2.05) is 99.3 Å². The lowest BCUT2D eigenvalue weighted by Gasteiger charge is -2.38. The van der Waals surface area contributed by atoms with E-state index < -0.39 is 17.5 Å². The van der Waals surface area contributed by atoms with Gasteiger partial charge in [0.15, 0.2) is 10.8 Å². The van der Waals surface area contributed by atoms with Crippen LogP contribution in [0, 0.1) is 12.3 Å². The highest BCUT2D eigenvalue weighted by molar-refractivity contribution is 7.22. The number of fused-ring (bicyclic) bond motifs is 2. The maximum absolute atomic E-state index is 14.0. The quantitative estimate of drug-likeness (QED) is 0.140. The number of piperidine rings is 1. The molecule has 8 rings (SSSR count). The minimum absolute atomic E-state index is 0.0611. The van der Waals surface area contributed by atoms with E-state index in [-0.39, 0.29) is 29.7 Å². The molecule has 2 N–H and O–H groups in total. The van der Waals surface area contributed by atoms with Crippen LogP contribution in [0.15, 0.2) is 72.8 Å². The third-order valence-electron chi connectivity index (χ3n) is 11.6. The number of aliphatic carboxylic acids is 1. The van der Waals surface area contributed by atoms with Gasteiger partial charge in [0.05, 0.1) is 22.9 Å². The molecule has 2 aromatic heterocycles. The van der Waals surface area contributed by atoms with Gasteiger partial charge in [0.2, 0.25) is 0 Å². The molecule has 1 amide bonds. The number of likely N-dealkylation sites (tertiary alicyclic amines) is 1. The molecule has 5 aromatic rings. The molecule has 0 unspecified atom stereocenters. The average Bonchev–Trinajstić information content (AvgIpc) is 3.78. The van der Waals surface area contributed by atoms with Gasteiger partial charge < -0.3 is 19.5 Å². The normalized spacial score (nSPS) is 18.0. The van der Waals surface area contributed by atoms with Gasteiger partial charge in [-0.25, -0.2) is 14.8 Å². The number of anilines is 2. The zero-order chi connectivity index (χ0) is 39.9. The van der Waals surface area contributed by atoms with Crippen molar-refractivity contribution in [2.45, 2.75) is 84.5 Å². The molecule has 4 heterocycles. The van der Waals surface area contributed by atoms with Crippen molar-refractivity contribution < 1.29 is 29.0 Å². The van der Waals surface area contributed by atoms with E-state index >= 15 is 0 Å². The number of aromatic nitrogens is 2. The molecular weight excluding hydrogens is 739 g/mol. The van der Waals surface area contributed by atoms with Crippen LogP contribution >= 0.6 is 11.3 Å². The van der Waals surface area contributed by atoms with Crippen LogP contribution in [-0.4, -0.2) is 75.7 Å². The number of nitrogens with one attached hydrogen (secondary N) is 1. The highest BCUT2D eigenvalue weighted by Gasteiger charge is 2.42. The summed E-state index contributed by atoms with van der Waals surface area (Å²) in [6.45, 7) is 10.4. The van der Waals surface area contributed by atoms with E-state index in [1.54, 1.807) is 0 Å². The second-order valence-corrected chi connectivity index (χ2v) is 17.7. The Kier molecular flexibility index (Phi) is 10.5. The number of carbonyl (C=O) groups excluding carboxylic acids is 2. The Labute approximate surface area is 337 Å². The van der Waals surface area contributed by atoms with Crippen LogP contribution in [0.2, 0.25) is 0 Å². The van der Waals surface area contributed by atoms with Crippen molar-refractivity contribution in [1.29, 1.82) is 0 Å². The van der Waals surface area contributed by atoms with Gasteiger partial charge in [0.25, 0.3) is 5.91 Å². The number of para-hydroxylation sites is 1. The smallest absolute Gasteiger partial charge is 0.358 e. The van der Waals surface area contributed by atoms with Crippen LogP contribution < -0.4 is 15.0 Å². The molecule has 12 heteroatoms. The molecule has 57 heavy (non-hydrogen) atoms. The van der Waals surface area contributed by atoms with E-state index in [1.165, 1.54) is 11.3 Å². The molecule has 296 valence electrons. The zero-order valence-electron chi connectivity index (χ0n) is 33.0. The maximum Gasteiger partial charge on any atom is 0.358 e. The van der Waals surface area contributed by atoms with Crippen LogP contribution in [0.3, 0.4) is 0 Å². The molecule has 2 aliphatic heterocycles. The van der Waals surface area contributed by atoms with E-state index in [4.69, 9.17) is 14.5 Å². The molecule has 0 bridgehead atoms. The predicted molar refractivity (Wildman–Crippen MR) is 222 cm³/mol. The Balaban J connectivity index is 1.04. The molecule has 1 aliphatic carbocycles. The summed E-state index contributed by atoms with van der Waals surface area (Å²) in [6, 6.07) is 23.5. The SMILES string of the molecule is Cc1c(O[C@H]2CCC3(CCN(CC(=O)O)CC3)C2)cccc1-c1ccc(N2CCc3cccc(C(=O)Nc4nc5ccccc5s4)c3C2)nc1C(=O)OC(C)(C)C. The molecule has 3 aliphatic rings. The first-order valence-corrected chi connectivity index (χ1v) is 20.6. The van der Waals surface area contributed by atoms with Gasteiger partial charge in [-0.05, 0) is 143 Å². The Bertz CT molecular complexity index is 2310. The second-order valence-electron chi connectivity index (χ2n) is 16.7. The lowest BCUT2D eigenvalue weighted by molar-refractivity contribution is -0.139. The van der Waals surface area contributed by atoms with Crippen molar-refractivity contribution in [2.75, 3.05) is 36.4 Å². The predicted octanol–water partition coefficient (Wildman–Crippen LogP) is 8.54. The highest BCUT2D eigenvalue weighted by Crippen LogP contribution is 2.48. The van der Waals surface area contributed by atoms with Crippen LogP contribution in [-0.2, 0) is 22.5 Å². The lowest BCUT2D eigenvalue weighted by atomic mass is 9.77. The lowest BCUT2D eigenvalue weighted by Crippen LogP contribution is -2.41. The zero-order valence-corrected chi connectivity index (χ0v) is 33.8. The van der Waals surface area contributed by atoms with Crippen LogP contribution in [0.5, 0.6) is 5.75 Å². The summed E-state index contributed by atoms with van der Waals surface area (Å²) in [6.07, 6.45) is 5.71. The largest absolute Gasteiger partial charge is 0.490 e. The van der Waals surface area contributed by atoms with Crippen LogP contribution in [0.25, 0.3) is 21.3 Å². The van der Waals surface area contributed by atoms with E-state index in [0.717, 1.165) is 83.4 Å². The van der Waals surface area contributed by atoms with Gasteiger partial charge in [0.1, 0.15) is 17.2 Å². The minimum Gasteiger partial charge on any atom is -0.490 e. The summed E-state index contributed by atoms with van der Waals surface area (Å²) in [4.78, 5) is 52.7. The minimum atomic E-state index is -0.775. The van der Waals surface area contributed by atoms with E-state index in [2.05, 4.69) is 21.3 Å². The third-order valence-corrected chi connectivity index (χ3v) is 12.6. The summed E-state index contributed by atoms with van der Waals surface area (Å²) >= 11 is 1.45. The number of thiazole rings is 1. The first kappa shape index (κ1) is 38.5. The number of carbonyl (C=O) groups is 3. The molecule has 3 aromatic carbocycles. The molecule has 1 spiro atoms. The fraction of sp³-hybridized carbons (Fsp3) is 0.400. The monoisotopic (exact) mass is 787 g/mol. The first-order chi connectivity index (χ1) is 27.3. The fourth-order valence-corrected chi connectivity index (χ4v) is 9.56. The average molecular weight is 788 g/mol. The topological polar surface area (TPSA) is 134 Å². The van der Waals surface area contributed by atoms with Crippen molar-refractivity contribution in [2.24, 2.45) is 5.41 Å². The first-order valence-electron chi connectivity index (χ1n) is 19.8. The number of carboxylic acids is 1. The second kappa shape index (κ2) is 15.5. The Morgan fingerprint density at radius 3 is 2.49 bits per heavy atom. The number of hydrogen-bond donors (Lipinski definition) is 2. The maximum atomic E-state index is 14.0. The molecule has 1 saturated carbocycles. The van der Waals surface area contributed by atoms with E-state index in [0.29, 0.717) is 41.6 Å². The van der Waals surface area contributed by atoms with Gasteiger partial charge in [-0.3, -0.25) is 19.8 Å². The van der Waals surface area contributed by atoms with E-state index in [9.17, 15) is 19.5 Å². The Morgan fingerprint density at radius 1 is 0.930 bits per heavy atom. The summed E-state index contributed by atoms with van der Waals surface area (Å²) < 4.78 is 13.7. The standard InChI is InChI=1S/C45H49N5O6S/c1-28-31(10-8-13-36(28)55-30-17-19-45(25-30)20-23-49(24-21-45)27-39(51)52)32-15-16-38(47-40(32)42(54)56-44(2,3)4)50-22-18-29-9-7-11-33(34(29)26-50)41(53)48-43-46-35-12-5-6-14-37(35)57-43/h5-16,30H,17-27H2,1-4H3,(H,51,52)(H,46,48,53)/t30-/m0/s1. The van der Waals surface area contributed by atoms with Crippen molar-refractivity contribution in [1.82, 2.24) is 14.9 Å². The third kappa shape index (κ3) is 8.38. The Morgan fingerprint density at radius 2 is 1.72 bits per heavy atom. The molecule has 11 nitrogen and oxygen atoms in total. The number of esters is 1. The molecule has 0 radical (unpaired) electrons. The summed E-state index contributed by atoms with van der Waals surface area (Å²) in [7, 11) is 0. The van der Waals surface area contributed by atoms with Gasteiger partial charge in [0, 0.05) is 24.2 Å².